The van der Waals surface area contributed by atoms with Crippen molar-refractivity contribution in [1.29, 1.82) is 0 Å². The number of hydrogen-bond donors (Lipinski definition) is 4. The van der Waals surface area contributed by atoms with Gasteiger partial charge in [-0.15, -0.1) is 0 Å². The van der Waals surface area contributed by atoms with Gasteiger partial charge in [0.05, 0.1) is 6.54 Å². The standard InChI is InChI=1S/C19H30N6O2/c1-21-19(22-9-12-25-10-3-2-4-11-25)24-13-15-5-7-16(8-6-15)18(27)23-14-17(20)26/h5-8H,2-4,9-14H2,1H3,(H2,20,26)(H,23,27)(H2,21,22,24). The fraction of sp³-hybridized carbons (Fsp3) is 0.526. The van der Waals surface area contributed by atoms with Gasteiger partial charge in [0.15, 0.2) is 5.96 Å². The van der Waals surface area contributed by atoms with Gasteiger partial charge in [-0.1, -0.05) is 18.6 Å². The molecule has 27 heavy (non-hydrogen) atoms. The Kier molecular flexibility index (Phi) is 8.57. The molecule has 1 heterocycles. The Morgan fingerprint density at radius 1 is 1.07 bits per heavy atom. The highest BCUT2D eigenvalue weighted by atomic mass is 16.2. The summed E-state index contributed by atoms with van der Waals surface area (Å²) in [6.45, 7) is 4.70. The fourth-order valence-corrected chi connectivity index (χ4v) is 2.97. The molecule has 8 nitrogen and oxygen atoms in total. The molecule has 1 aliphatic rings. The lowest BCUT2D eigenvalue weighted by molar-refractivity contribution is -0.117. The molecule has 1 aliphatic heterocycles. The number of benzene rings is 1. The first-order valence-corrected chi connectivity index (χ1v) is 9.41. The van der Waals surface area contributed by atoms with E-state index in [4.69, 9.17) is 5.73 Å². The minimum atomic E-state index is -0.566. The highest BCUT2D eigenvalue weighted by molar-refractivity contribution is 5.96. The maximum Gasteiger partial charge on any atom is 0.251 e. The Balaban J connectivity index is 1.72. The van der Waals surface area contributed by atoms with Gasteiger partial charge in [0.25, 0.3) is 5.91 Å². The summed E-state index contributed by atoms with van der Waals surface area (Å²) >= 11 is 0. The lowest BCUT2D eigenvalue weighted by Crippen LogP contribution is -2.42. The zero-order valence-corrected chi connectivity index (χ0v) is 16.0. The van der Waals surface area contributed by atoms with Crippen LogP contribution in [0.25, 0.3) is 0 Å². The quantitative estimate of drug-likeness (QED) is 0.380. The van der Waals surface area contributed by atoms with Gasteiger partial charge in [-0.3, -0.25) is 14.6 Å². The molecule has 148 valence electrons. The lowest BCUT2D eigenvalue weighted by Gasteiger charge is -2.26. The van der Waals surface area contributed by atoms with Gasteiger partial charge >= 0.3 is 0 Å². The van der Waals surface area contributed by atoms with Crippen LogP contribution in [0.4, 0.5) is 0 Å². The van der Waals surface area contributed by atoms with Crippen LogP contribution in [0.3, 0.4) is 0 Å². The minimum absolute atomic E-state index is 0.165. The highest BCUT2D eigenvalue weighted by Gasteiger charge is 2.09. The molecule has 0 aliphatic carbocycles. The number of carbonyl (C=O) groups is 2. The first-order valence-electron chi connectivity index (χ1n) is 9.41. The van der Waals surface area contributed by atoms with E-state index < -0.39 is 5.91 Å². The SMILES string of the molecule is CN=C(NCCN1CCCCC1)NCc1ccc(C(=O)NCC(N)=O)cc1. The van der Waals surface area contributed by atoms with Gasteiger partial charge in [-0.25, -0.2) is 0 Å². The van der Waals surface area contributed by atoms with E-state index in [1.54, 1.807) is 19.2 Å². The maximum atomic E-state index is 11.9. The van der Waals surface area contributed by atoms with Crippen molar-refractivity contribution in [2.45, 2.75) is 25.8 Å². The van der Waals surface area contributed by atoms with E-state index in [-0.39, 0.29) is 12.5 Å². The summed E-state index contributed by atoms with van der Waals surface area (Å²) in [5, 5.41) is 9.07. The number of piperidine rings is 1. The molecule has 8 heteroatoms. The number of hydrogen-bond acceptors (Lipinski definition) is 4. The zero-order chi connectivity index (χ0) is 19.5. The molecule has 1 aromatic rings. The van der Waals surface area contributed by atoms with Crippen molar-refractivity contribution in [3.05, 3.63) is 35.4 Å². The Bertz CT molecular complexity index is 638. The number of nitrogens with zero attached hydrogens (tertiary/aromatic N) is 2. The molecule has 0 aromatic heterocycles. The third-order valence-electron chi connectivity index (χ3n) is 4.49. The number of primary amides is 1. The van der Waals surface area contributed by atoms with Gasteiger partial charge in [0.2, 0.25) is 5.91 Å². The number of nitrogens with one attached hydrogen (secondary N) is 3. The lowest BCUT2D eigenvalue weighted by atomic mass is 10.1. The monoisotopic (exact) mass is 374 g/mol. The molecule has 1 saturated heterocycles. The van der Waals surface area contributed by atoms with Gasteiger partial charge in [-0.2, -0.15) is 0 Å². The normalized spacial score (nSPS) is 15.2. The van der Waals surface area contributed by atoms with Crippen LogP contribution < -0.4 is 21.7 Å². The molecular formula is C19H30N6O2. The smallest absolute Gasteiger partial charge is 0.251 e. The van der Waals surface area contributed by atoms with E-state index in [1.165, 1.54) is 32.4 Å². The van der Waals surface area contributed by atoms with Gasteiger partial charge in [0.1, 0.15) is 0 Å². The summed E-state index contributed by atoms with van der Waals surface area (Å²) in [7, 11) is 1.75. The summed E-state index contributed by atoms with van der Waals surface area (Å²) in [6, 6.07) is 7.18. The van der Waals surface area contributed by atoms with Crippen molar-refractivity contribution in [2.24, 2.45) is 10.7 Å². The molecule has 5 N–H and O–H groups in total. The second-order valence-electron chi connectivity index (χ2n) is 6.60. The second kappa shape index (κ2) is 11.2. The van der Waals surface area contributed by atoms with Crippen molar-refractivity contribution in [2.75, 3.05) is 39.8 Å². The Morgan fingerprint density at radius 3 is 2.41 bits per heavy atom. The van der Waals surface area contributed by atoms with Crippen molar-refractivity contribution in [1.82, 2.24) is 20.9 Å². The van der Waals surface area contributed by atoms with E-state index >= 15 is 0 Å². The van der Waals surface area contributed by atoms with Gasteiger partial charge in [-0.05, 0) is 43.6 Å². The first-order chi connectivity index (χ1) is 13.1. The average Bonchev–Trinajstić information content (AvgIpc) is 2.70. The van der Waals surface area contributed by atoms with Gasteiger partial charge in [0, 0.05) is 32.2 Å². The summed E-state index contributed by atoms with van der Waals surface area (Å²) < 4.78 is 0. The molecule has 2 rings (SSSR count). The molecule has 1 fully saturated rings. The predicted octanol–water partition coefficient (Wildman–Crippen LogP) is 0.0526. The number of amides is 2. The van der Waals surface area contributed by atoms with Crippen LogP contribution in [0.15, 0.2) is 29.3 Å². The van der Waals surface area contributed by atoms with Crippen molar-refractivity contribution < 1.29 is 9.59 Å². The number of aliphatic imine (C=N–C) groups is 1. The predicted molar refractivity (Wildman–Crippen MR) is 106 cm³/mol. The summed E-state index contributed by atoms with van der Waals surface area (Å²) in [5.74, 6) is -0.123. The number of guanidine groups is 1. The van der Waals surface area contributed by atoms with E-state index in [0.717, 1.165) is 24.6 Å². The molecule has 0 atom stereocenters. The molecule has 0 spiro atoms. The third-order valence-corrected chi connectivity index (χ3v) is 4.49. The second-order valence-corrected chi connectivity index (χ2v) is 6.60. The van der Waals surface area contributed by atoms with Crippen LogP contribution in [-0.2, 0) is 11.3 Å². The van der Waals surface area contributed by atoms with Crippen molar-refractivity contribution in [3.63, 3.8) is 0 Å². The highest BCUT2D eigenvalue weighted by Crippen LogP contribution is 2.07. The Morgan fingerprint density at radius 2 is 1.78 bits per heavy atom. The molecule has 0 bridgehead atoms. The fourth-order valence-electron chi connectivity index (χ4n) is 2.97. The van der Waals surface area contributed by atoms with Gasteiger partial charge < -0.3 is 26.6 Å². The summed E-state index contributed by atoms with van der Waals surface area (Å²) in [4.78, 5) is 29.3. The summed E-state index contributed by atoms with van der Waals surface area (Å²) in [5.41, 5.74) is 6.54. The van der Waals surface area contributed by atoms with Crippen LogP contribution in [0.2, 0.25) is 0 Å². The number of carbonyl (C=O) groups excluding carboxylic acids is 2. The van der Waals surface area contributed by atoms with Crippen molar-refractivity contribution >= 4 is 17.8 Å². The zero-order valence-electron chi connectivity index (χ0n) is 16.0. The molecule has 1 aromatic carbocycles. The summed E-state index contributed by atoms with van der Waals surface area (Å²) in [6.07, 6.45) is 3.94. The van der Waals surface area contributed by atoms with E-state index in [1.807, 2.05) is 12.1 Å². The molecule has 0 saturated carbocycles. The average molecular weight is 374 g/mol. The van der Waals surface area contributed by atoms with E-state index in [9.17, 15) is 9.59 Å². The van der Waals surface area contributed by atoms with E-state index in [2.05, 4.69) is 25.8 Å². The van der Waals surface area contributed by atoms with Crippen molar-refractivity contribution in [3.8, 4) is 0 Å². The van der Waals surface area contributed by atoms with Crippen LogP contribution in [0, 0.1) is 0 Å². The molecule has 0 radical (unpaired) electrons. The Labute approximate surface area is 160 Å². The third kappa shape index (κ3) is 7.65. The number of rotatable bonds is 8. The van der Waals surface area contributed by atoms with Crippen LogP contribution >= 0.6 is 0 Å². The molecule has 0 unspecified atom stereocenters. The molecule has 2 amide bonds. The van der Waals surface area contributed by atoms with Crippen LogP contribution in [0.1, 0.15) is 35.2 Å². The number of nitrogens with two attached hydrogens (primary N) is 1. The van der Waals surface area contributed by atoms with Crippen LogP contribution in [-0.4, -0.2) is 62.4 Å². The van der Waals surface area contributed by atoms with E-state index in [0.29, 0.717) is 12.1 Å². The van der Waals surface area contributed by atoms with Crippen LogP contribution in [0.5, 0.6) is 0 Å². The number of likely N-dealkylation sites (tertiary alicyclic amines) is 1. The molecular weight excluding hydrogens is 344 g/mol. The topological polar surface area (TPSA) is 112 Å². The minimum Gasteiger partial charge on any atom is -0.368 e. The first kappa shape index (κ1) is 20.7. The largest absolute Gasteiger partial charge is 0.368 e. The Hall–Kier alpha value is -2.61. The maximum absolute atomic E-state index is 11.9.